The van der Waals surface area contributed by atoms with Crippen LogP contribution in [0.4, 0.5) is 0 Å². The fourth-order valence-electron chi connectivity index (χ4n) is 1.85. The summed E-state index contributed by atoms with van der Waals surface area (Å²) in [5, 5.41) is 10.0. The van der Waals surface area contributed by atoms with Crippen molar-refractivity contribution >= 4 is 5.97 Å². The number of benzene rings is 1. The van der Waals surface area contributed by atoms with Crippen LogP contribution in [0.2, 0.25) is 0 Å². The lowest BCUT2D eigenvalue weighted by Gasteiger charge is -2.15. The van der Waals surface area contributed by atoms with Crippen molar-refractivity contribution in [3.63, 3.8) is 0 Å². The first-order valence-electron chi connectivity index (χ1n) is 5.37. The van der Waals surface area contributed by atoms with E-state index in [1.165, 1.54) is 7.11 Å². The SMILES string of the molecule is COC(=O)CCC(O)c1c(C)cccc1C. The number of aliphatic hydroxyl groups is 1. The second kappa shape index (κ2) is 5.66. The standard InChI is InChI=1S/C13H18O3/c1-9-5-4-6-10(2)13(9)11(14)7-8-12(15)16-3/h4-6,11,14H,7-8H2,1-3H3. The molecule has 0 amide bonds. The summed E-state index contributed by atoms with van der Waals surface area (Å²) >= 11 is 0. The van der Waals surface area contributed by atoms with Gasteiger partial charge >= 0.3 is 5.97 Å². The number of esters is 1. The van der Waals surface area contributed by atoms with Crippen LogP contribution in [0.15, 0.2) is 18.2 Å². The Hall–Kier alpha value is -1.35. The van der Waals surface area contributed by atoms with Crippen molar-refractivity contribution in [2.45, 2.75) is 32.8 Å². The van der Waals surface area contributed by atoms with Crippen LogP contribution in [0.5, 0.6) is 0 Å². The van der Waals surface area contributed by atoms with E-state index in [1.807, 2.05) is 32.0 Å². The van der Waals surface area contributed by atoms with Gasteiger partial charge in [-0.25, -0.2) is 0 Å². The van der Waals surface area contributed by atoms with Crippen LogP contribution < -0.4 is 0 Å². The molecule has 0 radical (unpaired) electrons. The minimum atomic E-state index is -0.597. The van der Waals surface area contributed by atoms with Gasteiger partial charge in [0.05, 0.1) is 13.2 Å². The molecule has 1 unspecified atom stereocenters. The monoisotopic (exact) mass is 222 g/mol. The molecule has 0 spiro atoms. The first-order chi connectivity index (χ1) is 7.56. The molecular formula is C13H18O3. The summed E-state index contributed by atoms with van der Waals surface area (Å²) < 4.78 is 4.55. The number of methoxy groups -OCH3 is 1. The van der Waals surface area contributed by atoms with Crippen molar-refractivity contribution in [3.05, 3.63) is 34.9 Å². The largest absolute Gasteiger partial charge is 0.469 e. The molecule has 1 aromatic carbocycles. The van der Waals surface area contributed by atoms with Gasteiger partial charge in [0.1, 0.15) is 0 Å². The lowest BCUT2D eigenvalue weighted by atomic mass is 9.95. The summed E-state index contributed by atoms with van der Waals surface area (Å²) in [5.74, 6) is -0.287. The van der Waals surface area contributed by atoms with Crippen molar-refractivity contribution < 1.29 is 14.6 Å². The van der Waals surface area contributed by atoms with Crippen LogP contribution in [-0.2, 0) is 9.53 Å². The Labute approximate surface area is 96.1 Å². The summed E-state index contributed by atoms with van der Waals surface area (Å²) in [6.45, 7) is 3.92. The van der Waals surface area contributed by atoms with Gasteiger partial charge in [0.2, 0.25) is 0 Å². The second-order valence-corrected chi connectivity index (χ2v) is 3.94. The Bertz CT molecular complexity index is 351. The quantitative estimate of drug-likeness (QED) is 0.795. The van der Waals surface area contributed by atoms with Gasteiger partial charge < -0.3 is 9.84 Å². The lowest BCUT2D eigenvalue weighted by molar-refractivity contribution is -0.141. The molecule has 1 aromatic rings. The van der Waals surface area contributed by atoms with Gasteiger partial charge in [0, 0.05) is 6.42 Å². The predicted octanol–water partition coefficient (Wildman–Crippen LogP) is 2.29. The first-order valence-corrected chi connectivity index (χ1v) is 5.37. The van der Waals surface area contributed by atoms with Gasteiger partial charge in [-0.15, -0.1) is 0 Å². The summed E-state index contributed by atoms with van der Waals surface area (Å²) in [7, 11) is 1.35. The normalized spacial score (nSPS) is 12.2. The van der Waals surface area contributed by atoms with E-state index in [0.717, 1.165) is 16.7 Å². The van der Waals surface area contributed by atoms with Gasteiger partial charge in [-0.3, -0.25) is 4.79 Å². The minimum Gasteiger partial charge on any atom is -0.469 e. The van der Waals surface area contributed by atoms with Crippen molar-refractivity contribution in [3.8, 4) is 0 Å². The van der Waals surface area contributed by atoms with Gasteiger partial charge in [-0.2, -0.15) is 0 Å². The van der Waals surface area contributed by atoms with Crippen molar-refractivity contribution in [2.75, 3.05) is 7.11 Å². The van der Waals surface area contributed by atoms with E-state index >= 15 is 0 Å². The highest BCUT2D eigenvalue weighted by Gasteiger charge is 2.14. The van der Waals surface area contributed by atoms with Gasteiger partial charge in [-0.1, -0.05) is 18.2 Å². The zero-order valence-electron chi connectivity index (χ0n) is 9.99. The van der Waals surface area contributed by atoms with Gasteiger partial charge in [0.25, 0.3) is 0 Å². The number of aryl methyl sites for hydroxylation is 2. The van der Waals surface area contributed by atoms with Crippen LogP contribution in [0, 0.1) is 13.8 Å². The highest BCUT2D eigenvalue weighted by atomic mass is 16.5. The fraction of sp³-hybridized carbons (Fsp3) is 0.462. The Morgan fingerprint density at radius 3 is 2.44 bits per heavy atom. The van der Waals surface area contributed by atoms with Crippen molar-refractivity contribution in [1.29, 1.82) is 0 Å². The summed E-state index contributed by atoms with van der Waals surface area (Å²) in [4.78, 5) is 11.0. The Morgan fingerprint density at radius 2 is 1.94 bits per heavy atom. The molecule has 3 heteroatoms. The molecule has 0 heterocycles. The van der Waals surface area contributed by atoms with E-state index in [9.17, 15) is 9.90 Å². The third kappa shape index (κ3) is 3.07. The fourth-order valence-corrected chi connectivity index (χ4v) is 1.85. The van der Waals surface area contributed by atoms with Crippen LogP contribution >= 0.6 is 0 Å². The molecule has 1 N–H and O–H groups in total. The van der Waals surface area contributed by atoms with Crippen LogP contribution in [0.25, 0.3) is 0 Å². The average Bonchev–Trinajstić information content (AvgIpc) is 2.25. The molecule has 3 nitrogen and oxygen atoms in total. The molecule has 1 rings (SSSR count). The molecule has 88 valence electrons. The van der Waals surface area contributed by atoms with Crippen LogP contribution in [0.1, 0.15) is 35.6 Å². The molecule has 0 bridgehead atoms. The maximum absolute atomic E-state index is 11.0. The second-order valence-electron chi connectivity index (χ2n) is 3.94. The van der Waals surface area contributed by atoms with E-state index in [4.69, 9.17) is 0 Å². The molecule has 0 fully saturated rings. The number of carbonyl (C=O) groups is 1. The number of rotatable bonds is 4. The maximum atomic E-state index is 11.0. The third-order valence-corrected chi connectivity index (χ3v) is 2.72. The number of aliphatic hydroxyl groups excluding tert-OH is 1. The van der Waals surface area contributed by atoms with E-state index in [1.54, 1.807) is 0 Å². The predicted molar refractivity (Wildman–Crippen MR) is 62.1 cm³/mol. The van der Waals surface area contributed by atoms with Crippen molar-refractivity contribution in [1.82, 2.24) is 0 Å². The molecule has 0 aliphatic carbocycles. The number of carbonyl (C=O) groups excluding carboxylic acids is 1. The summed E-state index contributed by atoms with van der Waals surface area (Å²) in [6.07, 6.45) is 0.0457. The molecule has 0 aliphatic heterocycles. The van der Waals surface area contributed by atoms with Crippen molar-refractivity contribution in [2.24, 2.45) is 0 Å². The van der Waals surface area contributed by atoms with Crippen LogP contribution in [-0.4, -0.2) is 18.2 Å². The average molecular weight is 222 g/mol. The zero-order chi connectivity index (χ0) is 12.1. The van der Waals surface area contributed by atoms with Gasteiger partial charge in [0.15, 0.2) is 0 Å². The molecule has 0 aliphatic rings. The Morgan fingerprint density at radius 1 is 1.38 bits per heavy atom. The smallest absolute Gasteiger partial charge is 0.305 e. The van der Waals surface area contributed by atoms with E-state index in [-0.39, 0.29) is 12.4 Å². The zero-order valence-corrected chi connectivity index (χ0v) is 9.99. The lowest BCUT2D eigenvalue weighted by Crippen LogP contribution is -2.07. The third-order valence-electron chi connectivity index (χ3n) is 2.72. The molecule has 0 aromatic heterocycles. The van der Waals surface area contributed by atoms with Gasteiger partial charge in [-0.05, 0) is 37.0 Å². The maximum Gasteiger partial charge on any atom is 0.305 e. The Balaban J connectivity index is 2.73. The molecule has 0 saturated heterocycles. The van der Waals surface area contributed by atoms with E-state index in [0.29, 0.717) is 6.42 Å². The molecule has 16 heavy (non-hydrogen) atoms. The Kier molecular flexibility index (Phi) is 4.50. The summed E-state index contributed by atoms with van der Waals surface area (Å²) in [6, 6.07) is 5.88. The van der Waals surface area contributed by atoms with E-state index in [2.05, 4.69) is 4.74 Å². The summed E-state index contributed by atoms with van der Waals surface area (Å²) in [5.41, 5.74) is 3.03. The van der Waals surface area contributed by atoms with Crippen LogP contribution in [0.3, 0.4) is 0 Å². The molecular weight excluding hydrogens is 204 g/mol. The minimum absolute atomic E-state index is 0.242. The highest BCUT2D eigenvalue weighted by molar-refractivity contribution is 5.69. The molecule has 0 saturated carbocycles. The van der Waals surface area contributed by atoms with E-state index < -0.39 is 6.10 Å². The first kappa shape index (κ1) is 12.7. The topological polar surface area (TPSA) is 46.5 Å². The number of ether oxygens (including phenoxy) is 1. The number of hydrogen-bond donors (Lipinski definition) is 1. The highest BCUT2D eigenvalue weighted by Crippen LogP contribution is 2.25. The molecule has 1 atom stereocenters. The number of hydrogen-bond acceptors (Lipinski definition) is 3.